The molecule has 24 heavy (non-hydrogen) atoms. The van der Waals surface area contributed by atoms with Gasteiger partial charge in [0.1, 0.15) is 0 Å². The Bertz CT molecular complexity index is 793. The SMILES string of the molecule is CC(C)(C)c1ncc([Se]c2ccccc2)cc1[Se]c1ccccc1. The molecule has 0 spiro atoms. The van der Waals surface area contributed by atoms with Gasteiger partial charge in [-0.1, -0.05) is 0 Å². The van der Waals surface area contributed by atoms with Crippen molar-refractivity contribution in [2.24, 2.45) is 0 Å². The number of hydrogen-bond acceptors (Lipinski definition) is 1. The van der Waals surface area contributed by atoms with Crippen LogP contribution in [0.15, 0.2) is 72.9 Å². The van der Waals surface area contributed by atoms with Crippen molar-refractivity contribution in [3.05, 3.63) is 78.6 Å². The predicted molar refractivity (Wildman–Crippen MR) is 106 cm³/mol. The fourth-order valence-electron chi connectivity index (χ4n) is 2.36. The van der Waals surface area contributed by atoms with Crippen molar-refractivity contribution in [1.82, 2.24) is 4.98 Å². The second-order valence-electron chi connectivity index (χ2n) is 6.60. The van der Waals surface area contributed by atoms with Crippen LogP contribution >= 0.6 is 0 Å². The van der Waals surface area contributed by atoms with Crippen molar-refractivity contribution in [2.75, 3.05) is 0 Å². The summed E-state index contributed by atoms with van der Waals surface area (Å²) in [6.45, 7) is 6.76. The van der Waals surface area contributed by atoms with Gasteiger partial charge in [-0.25, -0.2) is 0 Å². The van der Waals surface area contributed by atoms with E-state index in [1.54, 1.807) is 0 Å². The van der Waals surface area contributed by atoms with Crippen LogP contribution in [0.5, 0.6) is 0 Å². The normalized spacial score (nSPS) is 11.5. The molecule has 0 aliphatic carbocycles. The van der Waals surface area contributed by atoms with Crippen molar-refractivity contribution in [2.45, 2.75) is 26.2 Å². The molecule has 0 fully saturated rings. The Morgan fingerprint density at radius 1 is 0.708 bits per heavy atom. The summed E-state index contributed by atoms with van der Waals surface area (Å²) in [4.78, 5) is 4.87. The van der Waals surface area contributed by atoms with Crippen LogP contribution in [0.4, 0.5) is 0 Å². The van der Waals surface area contributed by atoms with E-state index >= 15 is 0 Å². The number of nitrogens with zero attached hydrogens (tertiary/aromatic N) is 1. The van der Waals surface area contributed by atoms with Gasteiger partial charge in [-0.05, 0) is 0 Å². The Hall–Kier alpha value is -1.37. The quantitative estimate of drug-likeness (QED) is 0.558. The summed E-state index contributed by atoms with van der Waals surface area (Å²) in [6.07, 6.45) is 2.08. The first kappa shape index (κ1) is 17.5. The van der Waals surface area contributed by atoms with Gasteiger partial charge in [0.15, 0.2) is 0 Å². The van der Waals surface area contributed by atoms with Crippen molar-refractivity contribution < 1.29 is 0 Å². The van der Waals surface area contributed by atoms with E-state index < -0.39 is 0 Å². The molecule has 3 aromatic rings. The first-order chi connectivity index (χ1) is 11.5. The van der Waals surface area contributed by atoms with Gasteiger partial charge in [0.25, 0.3) is 0 Å². The number of pyridine rings is 1. The average molecular weight is 445 g/mol. The molecule has 0 atom stereocenters. The van der Waals surface area contributed by atoms with E-state index in [9.17, 15) is 0 Å². The Balaban J connectivity index is 1.94. The summed E-state index contributed by atoms with van der Waals surface area (Å²) in [5, 5.41) is 0. The zero-order chi connectivity index (χ0) is 17.0. The van der Waals surface area contributed by atoms with E-state index in [0.29, 0.717) is 29.9 Å². The van der Waals surface area contributed by atoms with E-state index in [1.807, 2.05) is 0 Å². The number of hydrogen-bond donors (Lipinski definition) is 0. The monoisotopic (exact) mass is 447 g/mol. The third kappa shape index (κ3) is 4.59. The molecule has 0 aliphatic rings. The molecule has 2 aromatic carbocycles. The average Bonchev–Trinajstić information content (AvgIpc) is 2.56. The second kappa shape index (κ2) is 7.68. The molecule has 3 heteroatoms. The van der Waals surface area contributed by atoms with Crippen molar-refractivity contribution in [3.8, 4) is 0 Å². The summed E-state index contributed by atoms with van der Waals surface area (Å²) in [5.74, 6) is 0. The van der Waals surface area contributed by atoms with Crippen molar-refractivity contribution in [3.63, 3.8) is 0 Å². The van der Waals surface area contributed by atoms with Crippen LogP contribution < -0.4 is 17.8 Å². The van der Waals surface area contributed by atoms with Crippen LogP contribution in [-0.4, -0.2) is 34.9 Å². The van der Waals surface area contributed by atoms with Crippen LogP contribution in [0.25, 0.3) is 0 Å². The van der Waals surface area contributed by atoms with Crippen molar-refractivity contribution in [1.29, 1.82) is 0 Å². The Morgan fingerprint density at radius 3 is 1.79 bits per heavy atom. The summed E-state index contributed by atoms with van der Waals surface area (Å²) in [7, 11) is 0. The van der Waals surface area contributed by atoms with Crippen LogP contribution in [0.2, 0.25) is 0 Å². The molecule has 1 nitrogen and oxygen atoms in total. The number of aromatic nitrogens is 1. The minimum atomic E-state index is 0.0736. The molecule has 0 radical (unpaired) electrons. The molecule has 1 aromatic heterocycles. The Labute approximate surface area is 157 Å². The first-order valence-electron chi connectivity index (χ1n) is 7.99. The molecule has 0 bridgehead atoms. The molecule has 122 valence electrons. The van der Waals surface area contributed by atoms with Gasteiger partial charge in [0.2, 0.25) is 0 Å². The van der Waals surface area contributed by atoms with Gasteiger partial charge in [-0.3, -0.25) is 0 Å². The van der Waals surface area contributed by atoms with Gasteiger partial charge in [-0.2, -0.15) is 0 Å². The zero-order valence-corrected chi connectivity index (χ0v) is 17.6. The Morgan fingerprint density at radius 2 is 1.25 bits per heavy atom. The third-order valence-corrected chi connectivity index (χ3v) is 7.70. The summed E-state index contributed by atoms with van der Waals surface area (Å²) < 4.78 is 5.57. The molecule has 3 rings (SSSR count). The molecule has 1 heterocycles. The molecule has 0 saturated carbocycles. The van der Waals surface area contributed by atoms with Gasteiger partial charge >= 0.3 is 158 Å². The van der Waals surface area contributed by atoms with E-state index in [-0.39, 0.29) is 5.41 Å². The molecule has 0 aliphatic heterocycles. The molecule has 0 saturated heterocycles. The van der Waals surface area contributed by atoms with Gasteiger partial charge in [-0.15, -0.1) is 0 Å². The zero-order valence-electron chi connectivity index (χ0n) is 14.2. The maximum absolute atomic E-state index is 4.87. The van der Waals surface area contributed by atoms with Crippen LogP contribution in [0.1, 0.15) is 26.5 Å². The van der Waals surface area contributed by atoms with E-state index in [0.717, 1.165) is 0 Å². The van der Waals surface area contributed by atoms with E-state index in [1.165, 1.54) is 23.5 Å². The van der Waals surface area contributed by atoms with Crippen LogP contribution in [-0.2, 0) is 5.41 Å². The summed E-state index contributed by atoms with van der Waals surface area (Å²) in [6, 6.07) is 23.9. The topological polar surface area (TPSA) is 12.9 Å². The van der Waals surface area contributed by atoms with E-state index in [2.05, 4.69) is 93.7 Å². The number of rotatable bonds is 4. The second-order valence-corrected chi connectivity index (χ2v) is 11.3. The fourth-order valence-corrected chi connectivity index (χ4v) is 7.01. The summed E-state index contributed by atoms with van der Waals surface area (Å²) >= 11 is 0.603. The number of benzene rings is 2. The molecular formula is C21H21NSe2. The van der Waals surface area contributed by atoms with E-state index in [4.69, 9.17) is 4.98 Å². The minimum absolute atomic E-state index is 0.0736. The fraction of sp³-hybridized carbons (Fsp3) is 0.190. The van der Waals surface area contributed by atoms with Gasteiger partial charge in [0, 0.05) is 0 Å². The standard InChI is InChI=1S/C21H21NSe2/c1-21(2,3)20-19(24-17-12-8-5-9-13-17)14-18(15-22-20)23-16-10-6-4-7-11-16/h4-15H,1-3H3. The van der Waals surface area contributed by atoms with Gasteiger partial charge < -0.3 is 0 Å². The van der Waals surface area contributed by atoms with Crippen LogP contribution in [0, 0.1) is 0 Å². The first-order valence-corrected chi connectivity index (χ1v) is 11.4. The molecule has 0 unspecified atom stereocenters. The Kier molecular flexibility index (Phi) is 5.58. The third-order valence-electron chi connectivity index (χ3n) is 3.49. The molecule has 0 amide bonds. The van der Waals surface area contributed by atoms with Crippen LogP contribution in [0.3, 0.4) is 0 Å². The summed E-state index contributed by atoms with van der Waals surface area (Å²) in [5.41, 5.74) is 1.31. The maximum atomic E-state index is 4.87. The van der Waals surface area contributed by atoms with Gasteiger partial charge in [0.05, 0.1) is 0 Å². The van der Waals surface area contributed by atoms with Crippen molar-refractivity contribution >= 4 is 47.8 Å². The predicted octanol–water partition coefficient (Wildman–Crippen LogP) is 1.69. The molecular weight excluding hydrogens is 424 g/mol. The molecule has 0 N–H and O–H groups in total.